The number of ether oxygens (including phenoxy) is 1. The number of methoxy groups -OCH3 is 1. The number of carbonyl (C=O) groups excluding carboxylic acids is 1. The average molecular weight is 461 g/mol. The van der Waals surface area contributed by atoms with Gasteiger partial charge in [0, 0.05) is 12.0 Å². The SMILES string of the molecule is COc1cc2nc([C@H]3CC[C@H](C(C)C)CC3)[nH]c2cc1NC(=O)c1cccc(C(F)(F)F)n1. The van der Waals surface area contributed by atoms with Crippen LogP contribution in [0.25, 0.3) is 11.0 Å². The van der Waals surface area contributed by atoms with Crippen molar-refractivity contribution in [2.75, 3.05) is 12.4 Å². The van der Waals surface area contributed by atoms with Gasteiger partial charge in [0.05, 0.1) is 23.8 Å². The Morgan fingerprint density at radius 1 is 1.15 bits per heavy atom. The van der Waals surface area contributed by atoms with Crippen molar-refractivity contribution in [3.63, 3.8) is 0 Å². The normalized spacial score (nSPS) is 19.1. The molecular formula is C24H27F3N4O2. The molecule has 2 N–H and O–H groups in total. The van der Waals surface area contributed by atoms with Gasteiger partial charge in [0.25, 0.3) is 5.91 Å². The number of rotatable bonds is 5. The van der Waals surface area contributed by atoms with Gasteiger partial charge < -0.3 is 15.0 Å². The molecule has 2 aromatic heterocycles. The Morgan fingerprint density at radius 3 is 2.52 bits per heavy atom. The molecular weight excluding hydrogens is 433 g/mol. The van der Waals surface area contributed by atoms with Crippen LogP contribution >= 0.6 is 0 Å². The van der Waals surface area contributed by atoms with E-state index in [1.165, 1.54) is 26.0 Å². The molecule has 0 spiro atoms. The third-order valence-electron chi connectivity index (χ3n) is 6.44. The molecule has 1 aromatic carbocycles. The number of aromatic amines is 1. The number of nitrogens with zero attached hydrogens (tertiary/aromatic N) is 2. The Hall–Kier alpha value is -3.10. The molecule has 1 aliphatic rings. The van der Waals surface area contributed by atoms with Crippen LogP contribution < -0.4 is 10.1 Å². The fourth-order valence-corrected chi connectivity index (χ4v) is 4.48. The Balaban J connectivity index is 1.56. The number of carbonyl (C=O) groups is 1. The lowest BCUT2D eigenvalue weighted by atomic mass is 9.77. The van der Waals surface area contributed by atoms with Gasteiger partial charge in [-0.3, -0.25) is 4.79 Å². The van der Waals surface area contributed by atoms with Crippen molar-refractivity contribution in [2.24, 2.45) is 11.8 Å². The lowest BCUT2D eigenvalue weighted by molar-refractivity contribution is -0.141. The summed E-state index contributed by atoms with van der Waals surface area (Å²) in [5.41, 5.74) is 0.308. The van der Waals surface area contributed by atoms with Crippen molar-refractivity contribution in [1.82, 2.24) is 15.0 Å². The van der Waals surface area contributed by atoms with E-state index >= 15 is 0 Å². The number of fused-ring (bicyclic) bond motifs is 1. The Morgan fingerprint density at radius 2 is 1.88 bits per heavy atom. The van der Waals surface area contributed by atoms with E-state index in [4.69, 9.17) is 9.72 Å². The summed E-state index contributed by atoms with van der Waals surface area (Å²) in [4.78, 5) is 24.2. The van der Waals surface area contributed by atoms with Gasteiger partial charge in [-0.1, -0.05) is 19.9 Å². The first-order valence-electron chi connectivity index (χ1n) is 11.1. The predicted octanol–water partition coefficient (Wildman–Crippen LogP) is 6.17. The van der Waals surface area contributed by atoms with E-state index in [-0.39, 0.29) is 5.69 Å². The van der Waals surface area contributed by atoms with Crippen LogP contribution in [-0.2, 0) is 6.18 Å². The maximum absolute atomic E-state index is 12.9. The van der Waals surface area contributed by atoms with Crippen LogP contribution in [0.3, 0.4) is 0 Å². The van der Waals surface area contributed by atoms with E-state index in [9.17, 15) is 18.0 Å². The van der Waals surface area contributed by atoms with Crippen LogP contribution in [0.15, 0.2) is 30.3 Å². The molecule has 33 heavy (non-hydrogen) atoms. The molecule has 0 radical (unpaired) electrons. The van der Waals surface area contributed by atoms with Crippen LogP contribution in [0.2, 0.25) is 0 Å². The van der Waals surface area contributed by atoms with Crippen molar-refractivity contribution in [3.05, 3.63) is 47.5 Å². The van der Waals surface area contributed by atoms with Gasteiger partial charge >= 0.3 is 6.18 Å². The highest BCUT2D eigenvalue weighted by atomic mass is 19.4. The third-order valence-corrected chi connectivity index (χ3v) is 6.44. The molecule has 1 amide bonds. The molecule has 2 heterocycles. The highest BCUT2D eigenvalue weighted by Crippen LogP contribution is 2.39. The molecule has 0 unspecified atom stereocenters. The molecule has 0 bridgehead atoms. The molecule has 6 nitrogen and oxygen atoms in total. The molecule has 176 valence electrons. The Kier molecular flexibility index (Phi) is 6.32. The van der Waals surface area contributed by atoms with Gasteiger partial charge in [0.1, 0.15) is 23.0 Å². The number of hydrogen-bond donors (Lipinski definition) is 2. The number of amides is 1. The van der Waals surface area contributed by atoms with Crippen molar-refractivity contribution in [2.45, 2.75) is 51.6 Å². The number of alkyl halides is 3. The van der Waals surface area contributed by atoms with E-state index in [0.29, 0.717) is 28.8 Å². The molecule has 1 fully saturated rings. The highest BCUT2D eigenvalue weighted by Gasteiger charge is 2.33. The molecule has 4 rings (SSSR count). The number of halogens is 3. The molecule has 0 saturated heterocycles. The number of H-pyrrole nitrogens is 1. The monoisotopic (exact) mass is 460 g/mol. The maximum atomic E-state index is 12.9. The van der Waals surface area contributed by atoms with E-state index in [1.807, 2.05) is 0 Å². The Bertz CT molecular complexity index is 1150. The number of aromatic nitrogens is 3. The summed E-state index contributed by atoms with van der Waals surface area (Å²) < 4.78 is 44.2. The highest BCUT2D eigenvalue weighted by molar-refractivity contribution is 6.04. The summed E-state index contributed by atoms with van der Waals surface area (Å²) in [6.07, 6.45) is -0.134. The maximum Gasteiger partial charge on any atom is 0.433 e. The third kappa shape index (κ3) is 4.96. The summed E-state index contributed by atoms with van der Waals surface area (Å²) >= 11 is 0. The second kappa shape index (κ2) is 9.03. The number of benzene rings is 1. The Labute approximate surface area is 190 Å². The van der Waals surface area contributed by atoms with Crippen LogP contribution in [0, 0.1) is 11.8 Å². The smallest absolute Gasteiger partial charge is 0.433 e. The standard InChI is InChI=1S/C24H27F3N4O2/c1-13(2)14-7-9-15(10-8-14)22-29-17-11-19(20(33-3)12-18(17)30-22)31-23(32)16-5-4-6-21(28-16)24(25,26)27/h4-6,11-15H,7-10H2,1-3H3,(H,29,30)(H,31,32)/t14-,15-. The number of pyridine rings is 1. The van der Waals surface area contributed by atoms with Gasteiger partial charge in [-0.15, -0.1) is 0 Å². The van der Waals surface area contributed by atoms with Gasteiger partial charge in [-0.25, -0.2) is 9.97 Å². The van der Waals surface area contributed by atoms with Crippen LogP contribution in [0.5, 0.6) is 5.75 Å². The van der Waals surface area contributed by atoms with E-state index in [2.05, 4.69) is 29.1 Å². The van der Waals surface area contributed by atoms with Gasteiger partial charge in [-0.05, 0) is 55.7 Å². The molecule has 1 saturated carbocycles. The van der Waals surface area contributed by atoms with E-state index in [0.717, 1.165) is 42.2 Å². The predicted molar refractivity (Wildman–Crippen MR) is 119 cm³/mol. The second-order valence-electron chi connectivity index (χ2n) is 8.91. The molecule has 9 heteroatoms. The minimum absolute atomic E-state index is 0.327. The molecule has 0 atom stereocenters. The zero-order chi connectivity index (χ0) is 23.8. The second-order valence-corrected chi connectivity index (χ2v) is 8.91. The minimum Gasteiger partial charge on any atom is -0.494 e. The summed E-state index contributed by atoms with van der Waals surface area (Å²) in [6, 6.07) is 6.61. The topological polar surface area (TPSA) is 79.9 Å². The fourth-order valence-electron chi connectivity index (χ4n) is 4.48. The number of hydrogen-bond acceptors (Lipinski definition) is 4. The number of imidazole rings is 1. The number of anilines is 1. The summed E-state index contributed by atoms with van der Waals surface area (Å²) in [5, 5.41) is 2.61. The van der Waals surface area contributed by atoms with Crippen LogP contribution in [0.1, 0.15) is 67.5 Å². The first kappa shape index (κ1) is 23.1. The largest absolute Gasteiger partial charge is 0.494 e. The average Bonchev–Trinajstić information content (AvgIpc) is 3.21. The van der Waals surface area contributed by atoms with Gasteiger partial charge in [-0.2, -0.15) is 13.2 Å². The zero-order valence-corrected chi connectivity index (χ0v) is 18.8. The molecule has 3 aromatic rings. The number of nitrogens with one attached hydrogen (secondary N) is 2. The summed E-state index contributed by atoms with van der Waals surface area (Å²) in [6.45, 7) is 4.53. The lowest BCUT2D eigenvalue weighted by Gasteiger charge is -2.29. The van der Waals surface area contributed by atoms with Crippen LogP contribution in [-0.4, -0.2) is 28.0 Å². The van der Waals surface area contributed by atoms with Crippen molar-refractivity contribution in [1.29, 1.82) is 0 Å². The van der Waals surface area contributed by atoms with E-state index in [1.54, 1.807) is 12.1 Å². The lowest BCUT2D eigenvalue weighted by Crippen LogP contribution is -2.18. The van der Waals surface area contributed by atoms with Gasteiger partial charge in [0.15, 0.2) is 0 Å². The van der Waals surface area contributed by atoms with Crippen molar-refractivity contribution in [3.8, 4) is 5.75 Å². The first-order valence-corrected chi connectivity index (χ1v) is 11.1. The van der Waals surface area contributed by atoms with Crippen molar-refractivity contribution >= 4 is 22.6 Å². The quantitative estimate of drug-likeness (QED) is 0.477. The summed E-state index contributed by atoms with van der Waals surface area (Å²) in [5.74, 6) is 2.30. The first-order chi connectivity index (χ1) is 15.7. The zero-order valence-electron chi connectivity index (χ0n) is 18.8. The van der Waals surface area contributed by atoms with E-state index < -0.39 is 17.8 Å². The van der Waals surface area contributed by atoms with Gasteiger partial charge in [0.2, 0.25) is 0 Å². The van der Waals surface area contributed by atoms with Crippen molar-refractivity contribution < 1.29 is 22.7 Å². The molecule has 0 aliphatic heterocycles. The molecule has 1 aliphatic carbocycles. The summed E-state index contributed by atoms with van der Waals surface area (Å²) in [7, 11) is 1.46. The fraction of sp³-hybridized carbons (Fsp3) is 0.458. The van der Waals surface area contributed by atoms with Crippen LogP contribution in [0.4, 0.5) is 18.9 Å². The minimum atomic E-state index is -4.63.